The monoisotopic (exact) mass is 348 g/mol. The van der Waals surface area contributed by atoms with E-state index in [-0.39, 0.29) is 0 Å². The third-order valence-electron chi connectivity index (χ3n) is 5.39. The van der Waals surface area contributed by atoms with Gasteiger partial charge in [-0.2, -0.15) is 0 Å². The first-order valence-electron chi connectivity index (χ1n) is 9.29. The van der Waals surface area contributed by atoms with Crippen molar-refractivity contribution in [1.29, 1.82) is 0 Å². The van der Waals surface area contributed by atoms with E-state index in [4.69, 9.17) is 4.42 Å². The maximum Gasteiger partial charge on any atom is 0.143 e. The number of aryl methyl sites for hydroxylation is 2. The maximum absolute atomic E-state index is 6.24. The molecule has 0 N–H and O–H groups in total. The molecule has 5 rings (SSSR count). The minimum absolute atomic E-state index is 0.936. The number of benzene rings is 4. The average molecular weight is 348 g/mol. The van der Waals surface area contributed by atoms with Crippen molar-refractivity contribution >= 4 is 21.9 Å². The van der Waals surface area contributed by atoms with Gasteiger partial charge in [-0.15, -0.1) is 0 Å². The van der Waals surface area contributed by atoms with Crippen LogP contribution in [-0.2, 0) is 0 Å². The molecule has 5 aromatic rings. The number of furan rings is 1. The fraction of sp³-hybridized carbons (Fsp3) is 0.0769. The first-order valence-corrected chi connectivity index (χ1v) is 9.29. The van der Waals surface area contributed by atoms with E-state index in [0.717, 1.165) is 16.7 Å². The first kappa shape index (κ1) is 15.9. The van der Waals surface area contributed by atoms with Gasteiger partial charge in [-0.05, 0) is 53.8 Å². The van der Waals surface area contributed by atoms with Crippen LogP contribution in [0.2, 0.25) is 0 Å². The van der Waals surface area contributed by atoms with Crippen molar-refractivity contribution in [2.45, 2.75) is 13.8 Å². The molecule has 0 unspecified atom stereocenters. The third kappa shape index (κ3) is 2.55. The molecule has 0 radical (unpaired) electrons. The van der Waals surface area contributed by atoms with Crippen molar-refractivity contribution in [2.75, 3.05) is 0 Å². The molecule has 27 heavy (non-hydrogen) atoms. The van der Waals surface area contributed by atoms with Gasteiger partial charge in [-0.1, -0.05) is 72.8 Å². The van der Waals surface area contributed by atoms with Gasteiger partial charge in [0, 0.05) is 16.3 Å². The molecule has 1 nitrogen and oxygen atoms in total. The highest BCUT2D eigenvalue weighted by molar-refractivity contribution is 6.09. The molecular formula is C26H20O. The van der Waals surface area contributed by atoms with Gasteiger partial charge >= 0.3 is 0 Å². The highest BCUT2D eigenvalue weighted by atomic mass is 16.3. The van der Waals surface area contributed by atoms with Crippen LogP contribution in [0.15, 0.2) is 89.3 Å². The van der Waals surface area contributed by atoms with Crippen molar-refractivity contribution in [2.24, 2.45) is 0 Å². The van der Waals surface area contributed by atoms with Crippen LogP contribution in [0.4, 0.5) is 0 Å². The van der Waals surface area contributed by atoms with E-state index in [2.05, 4.69) is 86.6 Å². The van der Waals surface area contributed by atoms with Gasteiger partial charge < -0.3 is 4.42 Å². The van der Waals surface area contributed by atoms with Gasteiger partial charge in [0.1, 0.15) is 11.2 Å². The van der Waals surface area contributed by atoms with E-state index in [9.17, 15) is 0 Å². The van der Waals surface area contributed by atoms with Gasteiger partial charge in [0.25, 0.3) is 0 Å². The van der Waals surface area contributed by atoms with Crippen LogP contribution in [0.1, 0.15) is 11.1 Å². The van der Waals surface area contributed by atoms with E-state index in [1.54, 1.807) is 0 Å². The summed E-state index contributed by atoms with van der Waals surface area (Å²) in [6, 6.07) is 29.9. The Hall–Kier alpha value is -3.32. The second-order valence-electron chi connectivity index (χ2n) is 7.13. The summed E-state index contributed by atoms with van der Waals surface area (Å²) in [6.45, 7) is 4.34. The van der Waals surface area contributed by atoms with Gasteiger partial charge in [0.2, 0.25) is 0 Å². The van der Waals surface area contributed by atoms with Crippen molar-refractivity contribution in [3.63, 3.8) is 0 Å². The average Bonchev–Trinajstić information content (AvgIpc) is 3.08. The Morgan fingerprint density at radius 3 is 2.15 bits per heavy atom. The van der Waals surface area contributed by atoms with Gasteiger partial charge in [0.05, 0.1) is 0 Å². The summed E-state index contributed by atoms with van der Waals surface area (Å²) in [4.78, 5) is 0. The molecule has 0 spiro atoms. The standard InChI is InChI=1S/C26H20O/c1-17-8-3-4-9-20(17)24-16-19(15-14-18(24)2)21-11-7-12-23-22-10-5-6-13-25(22)27-26(21)23/h3-16H,1-2H3. The molecule has 0 amide bonds. The van der Waals surface area contributed by atoms with E-state index in [0.29, 0.717) is 0 Å². The number of hydrogen-bond donors (Lipinski definition) is 0. The van der Waals surface area contributed by atoms with Crippen LogP contribution < -0.4 is 0 Å². The minimum atomic E-state index is 0.936. The van der Waals surface area contributed by atoms with E-state index < -0.39 is 0 Å². The van der Waals surface area contributed by atoms with Crippen molar-refractivity contribution in [3.05, 3.63) is 96.1 Å². The van der Waals surface area contributed by atoms with Crippen molar-refractivity contribution in [1.82, 2.24) is 0 Å². The molecule has 1 heterocycles. The summed E-state index contributed by atoms with van der Waals surface area (Å²) in [6.07, 6.45) is 0. The van der Waals surface area contributed by atoms with Crippen molar-refractivity contribution in [3.8, 4) is 22.3 Å². The molecule has 1 heteroatoms. The Morgan fingerprint density at radius 2 is 1.26 bits per heavy atom. The Balaban J connectivity index is 1.76. The molecule has 1 aromatic heterocycles. The Bertz CT molecular complexity index is 1290. The van der Waals surface area contributed by atoms with Crippen molar-refractivity contribution < 1.29 is 4.42 Å². The quantitative estimate of drug-likeness (QED) is 0.321. The van der Waals surface area contributed by atoms with Gasteiger partial charge in [0.15, 0.2) is 0 Å². The molecular weight excluding hydrogens is 328 g/mol. The van der Waals surface area contributed by atoms with Crippen LogP contribution in [-0.4, -0.2) is 0 Å². The smallest absolute Gasteiger partial charge is 0.143 e. The fourth-order valence-electron chi connectivity index (χ4n) is 3.93. The van der Waals surface area contributed by atoms with E-state index in [1.807, 2.05) is 12.1 Å². The third-order valence-corrected chi connectivity index (χ3v) is 5.39. The maximum atomic E-state index is 6.24. The molecule has 130 valence electrons. The van der Waals surface area contributed by atoms with Crippen LogP contribution >= 0.6 is 0 Å². The van der Waals surface area contributed by atoms with Crippen LogP contribution in [0, 0.1) is 13.8 Å². The minimum Gasteiger partial charge on any atom is -0.455 e. The normalized spacial score (nSPS) is 11.3. The molecule has 0 saturated carbocycles. The number of rotatable bonds is 2. The van der Waals surface area contributed by atoms with Gasteiger partial charge in [-0.25, -0.2) is 0 Å². The Kier molecular flexibility index (Phi) is 3.61. The molecule has 0 aliphatic carbocycles. The van der Waals surface area contributed by atoms with Crippen LogP contribution in [0.5, 0.6) is 0 Å². The lowest BCUT2D eigenvalue weighted by Crippen LogP contribution is -1.88. The number of fused-ring (bicyclic) bond motifs is 3. The highest BCUT2D eigenvalue weighted by Crippen LogP contribution is 2.37. The predicted octanol–water partition coefficient (Wildman–Crippen LogP) is 7.54. The zero-order valence-corrected chi connectivity index (χ0v) is 15.5. The van der Waals surface area contributed by atoms with Gasteiger partial charge in [-0.3, -0.25) is 0 Å². The lowest BCUT2D eigenvalue weighted by atomic mass is 9.92. The molecule has 0 aliphatic heterocycles. The second kappa shape index (κ2) is 6.14. The van der Waals surface area contributed by atoms with Crippen LogP contribution in [0.25, 0.3) is 44.2 Å². The molecule has 0 aliphatic rings. The van der Waals surface area contributed by atoms with E-state index in [1.165, 1.54) is 38.6 Å². The summed E-state index contributed by atoms with van der Waals surface area (Å²) in [5.41, 5.74) is 9.35. The zero-order chi connectivity index (χ0) is 18.4. The molecule has 0 fully saturated rings. The lowest BCUT2D eigenvalue weighted by Gasteiger charge is -2.12. The topological polar surface area (TPSA) is 13.1 Å². The highest BCUT2D eigenvalue weighted by Gasteiger charge is 2.13. The van der Waals surface area contributed by atoms with Crippen LogP contribution in [0.3, 0.4) is 0 Å². The molecule has 0 saturated heterocycles. The second-order valence-corrected chi connectivity index (χ2v) is 7.13. The predicted molar refractivity (Wildman–Crippen MR) is 114 cm³/mol. The summed E-state index contributed by atoms with van der Waals surface area (Å²) in [5.74, 6) is 0. The Morgan fingerprint density at radius 1 is 0.556 bits per heavy atom. The first-order chi connectivity index (χ1) is 13.2. The fourth-order valence-corrected chi connectivity index (χ4v) is 3.93. The SMILES string of the molecule is Cc1ccccc1-c1cc(-c2cccc3c2oc2ccccc23)ccc1C. The lowest BCUT2D eigenvalue weighted by molar-refractivity contribution is 0.670. The molecule has 4 aromatic carbocycles. The molecule has 0 bridgehead atoms. The number of hydrogen-bond acceptors (Lipinski definition) is 1. The summed E-state index contributed by atoms with van der Waals surface area (Å²) in [7, 11) is 0. The van der Waals surface area contributed by atoms with E-state index >= 15 is 0 Å². The summed E-state index contributed by atoms with van der Waals surface area (Å²) >= 11 is 0. The number of para-hydroxylation sites is 2. The molecule has 0 atom stereocenters. The summed E-state index contributed by atoms with van der Waals surface area (Å²) in [5, 5.41) is 2.33. The Labute approximate surface area is 158 Å². The largest absolute Gasteiger partial charge is 0.455 e. The summed E-state index contributed by atoms with van der Waals surface area (Å²) < 4.78 is 6.24. The zero-order valence-electron chi connectivity index (χ0n) is 15.5.